The average Bonchev–Trinajstić information content (AvgIpc) is 2.97. The van der Waals surface area contributed by atoms with Crippen molar-refractivity contribution in [3.05, 3.63) is 29.3 Å². The van der Waals surface area contributed by atoms with Crippen molar-refractivity contribution in [3.63, 3.8) is 0 Å². The molecular weight excluding hydrogens is 322 g/mol. The molecule has 1 fully saturated rings. The Bertz CT molecular complexity index is 724. The van der Waals surface area contributed by atoms with Gasteiger partial charge in [-0.15, -0.1) is 0 Å². The van der Waals surface area contributed by atoms with E-state index in [1.165, 1.54) is 0 Å². The number of carbonyl (C=O) groups excluding carboxylic acids is 3. The van der Waals surface area contributed by atoms with E-state index in [2.05, 4.69) is 5.32 Å². The van der Waals surface area contributed by atoms with Crippen LogP contribution in [0.3, 0.4) is 0 Å². The zero-order valence-electron chi connectivity index (χ0n) is 14.4. The molecule has 2 rings (SSSR count). The fraction of sp³-hybridized carbons (Fsp3) is 0.444. The second kappa shape index (κ2) is 8.29. The average molecular weight is 343 g/mol. The first-order valence-electron chi connectivity index (χ1n) is 8.11. The zero-order chi connectivity index (χ0) is 18.4. The Morgan fingerprint density at radius 2 is 2.16 bits per heavy atom. The van der Waals surface area contributed by atoms with Crippen LogP contribution in [0.4, 0.5) is 5.69 Å². The largest absolute Gasteiger partial charge is 0.455 e. The standard InChI is InChI=1S/C18H21N3O4/c1-12-5-3-6-15(13(12)2)21-10-14(9-17(21)23)18(24)25-11-16(22)20-8-4-7-19/h3,5-6,14H,4,8-11H2,1-2H3,(H,20,22)/t14-/m1/s1. The molecule has 7 heteroatoms. The Balaban J connectivity index is 1.91. The molecule has 2 amide bonds. The summed E-state index contributed by atoms with van der Waals surface area (Å²) in [5.41, 5.74) is 2.88. The monoisotopic (exact) mass is 343 g/mol. The molecule has 1 aliphatic rings. The summed E-state index contributed by atoms with van der Waals surface area (Å²) in [5.74, 6) is -1.73. The van der Waals surface area contributed by atoms with Crippen LogP contribution in [-0.4, -0.2) is 37.5 Å². The predicted octanol–water partition coefficient (Wildman–Crippen LogP) is 1.23. The van der Waals surface area contributed by atoms with Gasteiger partial charge in [-0.3, -0.25) is 14.4 Å². The number of ether oxygens (including phenoxy) is 1. The van der Waals surface area contributed by atoms with Crippen LogP contribution in [0.15, 0.2) is 18.2 Å². The van der Waals surface area contributed by atoms with Crippen molar-refractivity contribution in [2.45, 2.75) is 26.7 Å². The van der Waals surface area contributed by atoms with Gasteiger partial charge in [0.25, 0.3) is 5.91 Å². The number of amides is 2. The summed E-state index contributed by atoms with van der Waals surface area (Å²) in [4.78, 5) is 37.5. The van der Waals surface area contributed by atoms with Gasteiger partial charge in [-0.2, -0.15) is 5.26 Å². The molecule has 1 atom stereocenters. The zero-order valence-corrected chi connectivity index (χ0v) is 14.4. The van der Waals surface area contributed by atoms with Crippen LogP contribution in [0, 0.1) is 31.1 Å². The molecule has 0 aliphatic carbocycles. The van der Waals surface area contributed by atoms with Crippen molar-refractivity contribution >= 4 is 23.5 Å². The molecule has 7 nitrogen and oxygen atoms in total. The molecule has 25 heavy (non-hydrogen) atoms. The molecule has 132 valence electrons. The number of carbonyl (C=O) groups is 3. The van der Waals surface area contributed by atoms with Gasteiger partial charge >= 0.3 is 5.97 Å². The summed E-state index contributed by atoms with van der Waals surface area (Å²) in [6.07, 6.45) is 0.268. The minimum Gasteiger partial charge on any atom is -0.455 e. The Hall–Kier alpha value is -2.88. The van der Waals surface area contributed by atoms with E-state index in [0.717, 1.165) is 16.8 Å². The molecule has 0 unspecified atom stereocenters. The van der Waals surface area contributed by atoms with Gasteiger partial charge in [-0.05, 0) is 31.0 Å². The van der Waals surface area contributed by atoms with Gasteiger partial charge in [-0.1, -0.05) is 12.1 Å². The summed E-state index contributed by atoms with van der Waals surface area (Å²) in [6.45, 7) is 3.97. The Morgan fingerprint density at radius 3 is 2.88 bits per heavy atom. The van der Waals surface area contributed by atoms with Crippen molar-refractivity contribution in [3.8, 4) is 6.07 Å². The smallest absolute Gasteiger partial charge is 0.311 e. The third-order valence-corrected chi connectivity index (χ3v) is 4.23. The number of hydrogen-bond acceptors (Lipinski definition) is 5. The summed E-state index contributed by atoms with van der Waals surface area (Å²) >= 11 is 0. The lowest BCUT2D eigenvalue weighted by atomic mass is 10.1. The topological polar surface area (TPSA) is 99.5 Å². The van der Waals surface area contributed by atoms with Crippen LogP contribution < -0.4 is 10.2 Å². The first kappa shape index (κ1) is 18.5. The van der Waals surface area contributed by atoms with Crippen LogP contribution in [0.2, 0.25) is 0 Å². The summed E-state index contributed by atoms with van der Waals surface area (Å²) < 4.78 is 4.99. The maximum absolute atomic E-state index is 12.3. The number of anilines is 1. The molecule has 0 aromatic heterocycles. The van der Waals surface area contributed by atoms with Gasteiger partial charge in [0.05, 0.1) is 18.4 Å². The highest BCUT2D eigenvalue weighted by molar-refractivity contribution is 6.00. The highest BCUT2D eigenvalue weighted by Crippen LogP contribution is 2.29. The second-order valence-electron chi connectivity index (χ2n) is 5.99. The minimum atomic E-state index is -0.584. The SMILES string of the molecule is Cc1cccc(N2C[C@H](C(=O)OCC(=O)NCCC#N)CC2=O)c1C. The lowest BCUT2D eigenvalue weighted by Crippen LogP contribution is -2.31. The quantitative estimate of drug-likeness (QED) is 0.618. The third-order valence-electron chi connectivity index (χ3n) is 4.23. The lowest BCUT2D eigenvalue weighted by Gasteiger charge is -2.20. The molecule has 0 radical (unpaired) electrons. The molecular formula is C18H21N3O4. The first-order valence-corrected chi connectivity index (χ1v) is 8.11. The van der Waals surface area contributed by atoms with Crippen molar-refractivity contribution < 1.29 is 19.1 Å². The number of nitrogens with zero attached hydrogens (tertiary/aromatic N) is 2. The van der Waals surface area contributed by atoms with E-state index in [1.54, 1.807) is 4.90 Å². The molecule has 1 aromatic rings. The Morgan fingerprint density at radius 1 is 1.40 bits per heavy atom. The first-order chi connectivity index (χ1) is 11.9. The summed E-state index contributed by atoms with van der Waals surface area (Å²) in [7, 11) is 0. The number of esters is 1. The van der Waals surface area contributed by atoms with Crippen LogP contribution in [-0.2, 0) is 19.1 Å². The maximum atomic E-state index is 12.3. The van der Waals surface area contributed by atoms with Gasteiger partial charge in [0, 0.05) is 25.2 Å². The molecule has 0 saturated carbocycles. The molecule has 1 aliphatic heterocycles. The van der Waals surface area contributed by atoms with Crippen LogP contribution in [0.25, 0.3) is 0 Å². The number of benzene rings is 1. The van der Waals surface area contributed by atoms with Gasteiger partial charge in [0.1, 0.15) is 0 Å². The molecule has 1 saturated heterocycles. The van der Waals surface area contributed by atoms with E-state index in [4.69, 9.17) is 10.00 Å². The van der Waals surface area contributed by atoms with E-state index in [-0.39, 0.29) is 31.8 Å². The highest BCUT2D eigenvalue weighted by atomic mass is 16.5. The van der Waals surface area contributed by atoms with E-state index < -0.39 is 24.4 Å². The van der Waals surface area contributed by atoms with E-state index >= 15 is 0 Å². The normalized spacial score (nSPS) is 16.4. The number of aryl methyl sites for hydroxylation is 1. The summed E-state index contributed by atoms with van der Waals surface area (Å²) in [6, 6.07) is 7.60. The Labute approximate surface area is 146 Å². The molecule has 1 heterocycles. The number of nitrogens with one attached hydrogen (secondary N) is 1. The third kappa shape index (κ3) is 4.57. The van der Waals surface area contributed by atoms with Crippen LogP contribution >= 0.6 is 0 Å². The van der Waals surface area contributed by atoms with Crippen molar-refractivity contribution in [2.75, 3.05) is 24.6 Å². The number of nitriles is 1. The van der Waals surface area contributed by atoms with Crippen LogP contribution in [0.5, 0.6) is 0 Å². The number of hydrogen-bond donors (Lipinski definition) is 1. The Kier molecular flexibility index (Phi) is 6.12. The molecule has 0 spiro atoms. The molecule has 1 N–H and O–H groups in total. The minimum absolute atomic E-state index is 0.0717. The van der Waals surface area contributed by atoms with Gasteiger partial charge in [0.15, 0.2) is 6.61 Å². The maximum Gasteiger partial charge on any atom is 0.311 e. The van der Waals surface area contributed by atoms with Crippen molar-refractivity contribution in [1.29, 1.82) is 5.26 Å². The summed E-state index contributed by atoms with van der Waals surface area (Å²) in [5, 5.41) is 10.9. The van der Waals surface area contributed by atoms with E-state index in [9.17, 15) is 14.4 Å². The van der Waals surface area contributed by atoms with E-state index in [1.807, 2.05) is 38.1 Å². The second-order valence-corrected chi connectivity index (χ2v) is 5.99. The van der Waals surface area contributed by atoms with Crippen molar-refractivity contribution in [1.82, 2.24) is 5.32 Å². The van der Waals surface area contributed by atoms with Gasteiger partial charge in [0.2, 0.25) is 5.91 Å². The molecule has 0 bridgehead atoms. The van der Waals surface area contributed by atoms with Gasteiger partial charge < -0.3 is 15.0 Å². The molecule has 1 aromatic carbocycles. The predicted molar refractivity (Wildman–Crippen MR) is 90.6 cm³/mol. The van der Waals surface area contributed by atoms with Crippen molar-refractivity contribution in [2.24, 2.45) is 5.92 Å². The van der Waals surface area contributed by atoms with Crippen LogP contribution in [0.1, 0.15) is 24.0 Å². The highest BCUT2D eigenvalue weighted by Gasteiger charge is 2.36. The fourth-order valence-electron chi connectivity index (χ4n) is 2.69. The van der Waals surface area contributed by atoms with E-state index in [0.29, 0.717) is 0 Å². The fourth-order valence-corrected chi connectivity index (χ4v) is 2.69. The van der Waals surface area contributed by atoms with Gasteiger partial charge in [-0.25, -0.2) is 0 Å². The lowest BCUT2D eigenvalue weighted by molar-refractivity contribution is -0.152. The number of rotatable bonds is 6.